The van der Waals surface area contributed by atoms with Gasteiger partial charge < -0.3 is 10.1 Å². The minimum absolute atomic E-state index is 0.133. The molecule has 0 radical (unpaired) electrons. The van der Waals surface area contributed by atoms with Crippen molar-refractivity contribution in [2.75, 3.05) is 17.7 Å². The predicted molar refractivity (Wildman–Crippen MR) is 76.0 cm³/mol. The zero-order chi connectivity index (χ0) is 13.0. The van der Waals surface area contributed by atoms with Crippen LogP contribution in [0, 0.1) is 0 Å². The number of thioether (sulfide) groups is 1. The molecule has 0 aromatic heterocycles. The zero-order valence-corrected chi connectivity index (χ0v) is 11.6. The summed E-state index contributed by atoms with van der Waals surface area (Å²) in [5.74, 6) is 0.853. The van der Waals surface area contributed by atoms with Crippen molar-refractivity contribution in [3.05, 3.63) is 30.3 Å². The Morgan fingerprint density at radius 2 is 2.22 bits per heavy atom. The van der Waals surface area contributed by atoms with E-state index in [9.17, 15) is 4.79 Å². The van der Waals surface area contributed by atoms with Crippen LogP contribution >= 0.6 is 11.8 Å². The normalized spacial score (nSPS) is 26.9. The van der Waals surface area contributed by atoms with Gasteiger partial charge in [-0.3, -0.25) is 0 Å². The van der Waals surface area contributed by atoms with Crippen LogP contribution in [0.25, 0.3) is 0 Å². The van der Waals surface area contributed by atoms with E-state index < -0.39 is 5.54 Å². The van der Waals surface area contributed by atoms with Crippen LogP contribution in [0.3, 0.4) is 0 Å². The number of hydrogen-bond acceptors (Lipinski definition) is 4. The lowest BCUT2D eigenvalue weighted by Gasteiger charge is -2.32. The summed E-state index contributed by atoms with van der Waals surface area (Å²) < 4.78 is 5.26. The highest BCUT2D eigenvalue weighted by Gasteiger charge is 2.48. The first kappa shape index (κ1) is 13.3. The summed E-state index contributed by atoms with van der Waals surface area (Å²) in [5.41, 5.74) is 0.391. The van der Waals surface area contributed by atoms with Crippen molar-refractivity contribution in [1.29, 1.82) is 0 Å². The number of carbonyl (C=O) groups is 1. The Labute approximate surface area is 112 Å². The van der Waals surface area contributed by atoms with Gasteiger partial charge in [0, 0.05) is 10.9 Å². The molecule has 0 saturated carbocycles. The summed E-state index contributed by atoms with van der Waals surface area (Å²) in [7, 11) is 0. The number of hydrogen-bond donors (Lipinski definition) is 1. The topological polar surface area (TPSA) is 38.3 Å². The third kappa shape index (κ3) is 2.48. The molecule has 0 spiro atoms. The van der Waals surface area contributed by atoms with Gasteiger partial charge in [-0.2, -0.15) is 11.8 Å². The number of nitrogens with one attached hydrogen (secondary N) is 1. The molecule has 98 valence electrons. The van der Waals surface area contributed by atoms with Crippen LogP contribution in [0.5, 0.6) is 0 Å². The molecule has 18 heavy (non-hydrogen) atoms. The summed E-state index contributed by atoms with van der Waals surface area (Å²) in [4.78, 5) is 12.3. The van der Waals surface area contributed by atoms with Gasteiger partial charge in [0.25, 0.3) is 0 Å². The quantitative estimate of drug-likeness (QED) is 0.850. The van der Waals surface area contributed by atoms with E-state index in [1.54, 1.807) is 0 Å². The first-order valence-corrected chi connectivity index (χ1v) is 7.36. The minimum atomic E-state index is -0.581. The van der Waals surface area contributed by atoms with Crippen LogP contribution in [-0.2, 0) is 9.53 Å². The zero-order valence-electron chi connectivity index (χ0n) is 10.8. The summed E-state index contributed by atoms with van der Waals surface area (Å²) >= 11 is 1.81. The molecule has 2 rings (SSSR count). The molecule has 0 bridgehead atoms. The van der Waals surface area contributed by atoms with Crippen LogP contribution in [0.1, 0.15) is 20.3 Å². The third-order valence-corrected chi connectivity index (χ3v) is 4.68. The molecule has 1 aliphatic heterocycles. The molecule has 1 aliphatic rings. The standard InChI is InChI=1S/C14H19NO2S/c1-3-17-13(16)14(9-10-18-11(14)2)15-12-7-5-4-6-8-12/h4-8,11,15H,3,9-10H2,1-2H3. The maximum atomic E-state index is 12.3. The van der Waals surface area contributed by atoms with E-state index in [1.807, 2.05) is 49.0 Å². The van der Waals surface area contributed by atoms with E-state index in [1.165, 1.54) is 0 Å². The number of carbonyl (C=O) groups excluding carboxylic acids is 1. The van der Waals surface area contributed by atoms with E-state index in [2.05, 4.69) is 12.2 Å². The molecule has 3 nitrogen and oxygen atoms in total. The van der Waals surface area contributed by atoms with Crippen molar-refractivity contribution < 1.29 is 9.53 Å². The molecule has 4 heteroatoms. The lowest BCUT2D eigenvalue weighted by Crippen LogP contribution is -2.51. The first-order valence-electron chi connectivity index (χ1n) is 6.31. The number of para-hydroxylation sites is 1. The molecule has 1 N–H and O–H groups in total. The second-order valence-electron chi connectivity index (χ2n) is 4.45. The number of esters is 1. The summed E-state index contributed by atoms with van der Waals surface area (Å²) in [6.45, 7) is 4.36. The molecule has 1 aromatic rings. The largest absolute Gasteiger partial charge is 0.464 e. The average molecular weight is 265 g/mol. The maximum absolute atomic E-state index is 12.3. The van der Waals surface area contributed by atoms with Crippen LogP contribution in [-0.4, -0.2) is 29.1 Å². The van der Waals surface area contributed by atoms with Crippen molar-refractivity contribution >= 4 is 23.4 Å². The Morgan fingerprint density at radius 1 is 1.50 bits per heavy atom. The molecular weight excluding hydrogens is 246 g/mol. The number of rotatable bonds is 4. The van der Waals surface area contributed by atoms with Gasteiger partial charge in [-0.25, -0.2) is 4.79 Å². The first-order chi connectivity index (χ1) is 8.69. The van der Waals surface area contributed by atoms with Crippen LogP contribution < -0.4 is 5.32 Å². The van der Waals surface area contributed by atoms with Crippen molar-refractivity contribution in [2.24, 2.45) is 0 Å². The second-order valence-corrected chi connectivity index (χ2v) is 5.89. The van der Waals surface area contributed by atoms with Gasteiger partial charge in [-0.1, -0.05) is 25.1 Å². The average Bonchev–Trinajstić information content (AvgIpc) is 2.74. The predicted octanol–water partition coefficient (Wildman–Crippen LogP) is 2.93. The summed E-state index contributed by atoms with van der Waals surface area (Å²) in [5, 5.41) is 3.61. The fourth-order valence-corrected chi connectivity index (χ4v) is 3.62. The number of ether oxygens (including phenoxy) is 1. The maximum Gasteiger partial charge on any atom is 0.332 e. The fraction of sp³-hybridized carbons (Fsp3) is 0.500. The molecule has 1 fully saturated rings. The van der Waals surface area contributed by atoms with Gasteiger partial charge in [-0.05, 0) is 31.2 Å². The van der Waals surface area contributed by atoms with E-state index in [0.717, 1.165) is 17.9 Å². The van der Waals surface area contributed by atoms with Crippen LogP contribution in [0.2, 0.25) is 0 Å². The Kier molecular flexibility index (Phi) is 4.17. The fourth-order valence-electron chi connectivity index (χ4n) is 2.26. The van der Waals surface area contributed by atoms with E-state index in [0.29, 0.717) is 6.61 Å². The van der Waals surface area contributed by atoms with Gasteiger partial charge in [0.15, 0.2) is 0 Å². The van der Waals surface area contributed by atoms with Crippen molar-refractivity contribution in [2.45, 2.75) is 31.1 Å². The Balaban J connectivity index is 2.23. The van der Waals surface area contributed by atoms with E-state index >= 15 is 0 Å². The van der Waals surface area contributed by atoms with Crippen molar-refractivity contribution in [3.8, 4) is 0 Å². The van der Waals surface area contributed by atoms with Gasteiger partial charge >= 0.3 is 5.97 Å². The lowest BCUT2D eigenvalue weighted by molar-refractivity contribution is -0.148. The SMILES string of the molecule is CCOC(=O)C1(Nc2ccccc2)CCSC1C. The van der Waals surface area contributed by atoms with Gasteiger partial charge in [0.05, 0.1) is 6.61 Å². The second kappa shape index (κ2) is 5.65. The molecule has 1 aromatic carbocycles. The highest BCUT2D eigenvalue weighted by molar-refractivity contribution is 8.00. The monoisotopic (exact) mass is 265 g/mol. The molecule has 2 atom stereocenters. The molecule has 2 unspecified atom stereocenters. The van der Waals surface area contributed by atoms with Gasteiger partial charge in [0.1, 0.15) is 5.54 Å². The lowest BCUT2D eigenvalue weighted by atomic mass is 9.92. The van der Waals surface area contributed by atoms with Gasteiger partial charge in [0.2, 0.25) is 0 Å². The van der Waals surface area contributed by atoms with Gasteiger partial charge in [-0.15, -0.1) is 0 Å². The molecule has 0 amide bonds. The third-order valence-electron chi connectivity index (χ3n) is 3.34. The highest BCUT2D eigenvalue weighted by Crippen LogP contribution is 2.39. The van der Waals surface area contributed by atoms with Crippen LogP contribution in [0.4, 0.5) is 5.69 Å². The molecular formula is C14H19NO2S. The summed E-state index contributed by atoms with van der Waals surface area (Å²) in [6, 6.07) is 9.87. The number of benzene rings is 1. The Hall–Kier alpha value is -1.16. The molecule has 1 saturated heterocycles. The molecule has 1 heterocycles. The Morgan fingerprint density at radius 3 is 2.78 bits per heavy atom. The van der Waals surface area contributed by atoms with Crippen molar-refractivity contribution in [3.63, 3.8) is 0 Å². The molecule has 0 aliphatic carbocycles. The number of anilines is 1. The smallest absolute Gasteiger partial charge is 0.332 e. The van der Waals surface area contributed by atoms with E-state index in [4.69, 9.17) is 4.74 Å². The van der Waals surface area contributed by atoms with Crippen LogP contribution in [0.15, 0.2) is 30.3 Å². The highest BCUT2D eigenvalue weighted by atomic mass is 32.2. The summed E-state index contributed by atoms with van der Waals surface area (Å²) in [6.07, 6.45) is 0.812. The minimum Gasteiger partial charge on any atom is -0.464 e. The Bertz CT molecular complexity index is 410. The van der Waals surface area contributed by atoms with E-state index in [-0.39, 0.29) is 11.2 Å². The van der Waals surface area contributed by atoms with Crippen molar-refractivity contribution in [1.82, 2.24) is 0 Å².